The molecule has 0 aliphatic carbocycles. The summed E-state index contributed by atoms with van der Waals surface area (Å²) in [5.74, 6) is 0.442. The number of carbonyl (C=O) groups excluding carboxylic acids is 1. The van der Waals surface area contributed by atoms with E-state index in [2.05, 4.69) is 4.99 Å². The van der Waals surface area contributed by atoms with Crippen molar-refractivity contribution in [3.8, 4) is 17.2 Å². The lowest BCUT2D eigenvalue weighted by Gasteiger charge is -2.26. The standard InChI is InChI=1S/C31H30N4O7S/c1-7-42-30(37)27-18(3)32-31-34(28(27)24-16-23(40-5)12-13-25(24)41-6)29(36)26(43-31)15-20-14-17(2)33(19(20)4)21-8-10-22(11-9-21)35(38)39/h8-16,28H,7H2,1-6H3/b26-15+/t28-/m0/s1. The summed E-state index contributed by atoms with van der Waals surface area (Å²) in [6, 6.07) is 12.6. The van der Waals surface area contributed by atoms with E-state index >= 15 is 0 Å². The molecule has 1 aliphatic heterocycles. The Hall–Kier alpha value is -4.97. The minimum absolute atomic E-state index is 0.00671. The maximum Gasteiger partial charge on any atom is 0.338 e. The molecule has 0 saturated carbocycles. The summed E-state index contributed by atoms with van der Waals surface area (Å²) in [6.07, 6.45) is 1.80. The number of aryl methyl sites for hydroxylation is 1. The predicted molar refractivity (Wildman–Crippen MR) is 162 cm³/mol. The van der Waals surface area contributed by atoms with E-state index in [1.165, 1.54) is 42.3 Å². The second kappa shape index (κ2) is 11.7. The number of fused-ring (bicyclic) bond motifs is 1. The van der Waals surface area contributed by atoms with Crippen LogP contribution in [0.25, 0.3) is 11.8 Å². The molecule has 3 heterocycles. The van der Waals surface area contributed by atoms with Gasteiger partial charge >= 0.3 is 5.97 Å². The molecule has 222 valence electrons. The number of hydrogen-bond donors (Lipinski definition) is 0. The molecule has 12 heteroatoms. The highest BCUT2D eigenvalue weighted by Crippen LogP contribution is 2.38. The summed E-state index contributed by atoms with van der Waals surface area (Å²) in [7, 11) is 3.06. The van der Waals surface area contributed by atoms with Gasteiger partial charge in [0.15, 0.2) is 4.80 Å². The summed E-state index contributed by atoms with van der Waals surface area (Å²) in [6.45, 7) is 7.45. The number of allylic oxidation sites excluding steroid dienone is 1. The van der Waals surface area contributed by atoms with Crippen molar-refractivity contribution in [1.82, 2.24) is 9.13 Å². The molecule has 0 radical (unpaired) electrons. The molecule has 1 aliphatic rings. The molecule has 43 heavy (non-hydrogen) atoms. The summed E-state index contributed by atoms with van der Waals surface area (Å²) >= 11 is 1.22. The van der Waals surface area contributed by atoms with Gasteiger partial charge in [-0.15, -0.1) is 0 Å². The van der Waals surface area contributed by atoms with Crippen molar-refractivity contribution >= 4 is 29.1 Å². The first-order valence-corrected chi connectivity index (χ1v) is 14.3. The van der Waals surface area contributed by atoms with Gasteiger partial charge < -0.3 is 18.8 Å². The summed E-state index contributed by atoms with van der Waals surface area (Å²) in [5, 5.41) is 11.1. The van der Waals surface area contributed by atoms with Crippen LogP contribution in [0, 0.1) is 24.0 Å². The normalized spacial score (nSPS) is 14.7. The van der Waals surface area contributed by atoms with Gasteiger partial charge in [0.25, 0.3) is 11.2 Å². The van der Waals surface area contributed by atoms with Crippen LogP contribution < -0.4 is 24.4 Å². The predicted octanol–water partition coefficient (Wildman–Crippen LogP) is 4.13. The van der Waals surface area contributed by atoms with Crippen LogP contribution in [-0.2, 0) is 9.53 Å². The van der Waals surface area contributed by atoms with Crippen LogP contribution in [0.15, 0.2) is 69.6 Å². The quantitative estimate of drug-likeness (QED) is 0.169. The number of thiazole rings is 1. The summed E-state index contributed by atoms with van der Waals surface area (Å²) in [4.78, 5) is 43.2. The highest BCUT2D eigenvalue weighted by Gasteiger charge is 2.35. The fourth-order valence-corrected chi connectivity index (χ4v) is 6.37. The minimum atomic E-state index is -0.866. The van der Waals surface area contributed by atoms with Gasteiger partial charge in [0.2, 0.25) is 0 Å². The number of nitro benzene ring substituents is 1. The van der Waals surface area contributed by atoms with E-state index in [4.69, 9.17) is 14.2 Å². The van der Waals surface area contributed by atoms with E-state index in [0.29, 0.717) is 32.1 Å². The van der Waals surface area contributed by atoms with E-state index in [-0.39, 0.29) is 23.4 Å². The van der Waals surface area contributed by atoms with Crippen molar-refractivity contribution in [1.29, 1.82) is 0 Å². The van der Waals surface area contributed by atoms with Crippen molar-refractivity contribution < 1.29 is 23.9 Å². The van der Waals surface area contributed by atoms with E-state index in [9.17, 15) is 19.7 Å². The third-order valence-corrected chi connectivity index (χ3v) is 8.31. The molecule has 2 aromatic carbocycles. The average Bonchev–Trinajstić information content (AvgIpc) is 3.45. The Balaban J connectivity index is 1.70. The van der Waals surface area contributed by atoms with Crippen molar-refractivity contribution in [2.75, 3.05) is 20.8 Å². The first-order valence-electron chi connectivity index (χ1n) is 13.4. The number of methoxy groups -OCH3 is 2. The van der Waals surface area contributed by atoms with Crippen LogP contribution in [0.5, 0.6) is 11.5 Å². The lowest BCUT2D eigenvalue weighted by atomic mass is 9.94. The lowest BCUT2D eigenvalue weighted by Crippen LogP contribution is -2.40. The van der Waals surface area contributed by atoms with Crippen molar-refractivity contribution in [3.05, 3.63) is 112 Å². The van der Waals surface area contributed by atoms with Crippen LogP contribution in [0.3, 0.4) is 0 Å². The number of aromatic nitrogens is 2. The Morgan fingerprint density at radius 3 is 2.44 bits per heavy atom. The molecule has 0 amide bonds. The van der Waals surface area contributed by atoms with Crippen molar-refractivity contribution in [2.24, 2.45) is 4.99 Å². The number of non-ortho nitro benzene ring substituents is 1. The number of esters is 1. The molecule has 0 unspecified atom stereocenters. The Morgan fingerprint density at radius 1 is 1.09 bits per heavy atom. The van der Waals surface area contributed by atoms with Gasteiger partial charge in [-0.2, -0.15) is 0 Å². The topological polar surface area (TPSA) is 127 Å². The number of hydrogen-bond acceptors (Lipinski definition) is 9. The number of ether oxygens (including phenoxy) is 3. The number of rotatable bonds is 8. The van der Waals surface area contributed by atoms with Gasteiger partial charge in [0.05, 0.1) is 41.6 Å². The number of benzene rings is 2. The average molecular weight is 603 g/mol. The van der Waals surface area contributed by atoms with E-state index in [1.807, 2.05) is 24.5 Å². The fourth-order valence-electron chi connectivity index (χ4n) is 5.33. The van der Waals surface area contributed by atoms with E-state index in [0.717, 1.165) is 22.6 Å². The molecule has 2 aromatic heterocycles. The highest BCUT2D eigenvalue weighted by molar-refractivity contribution is 7.07. The zero-order chi connectivity index (χ0) is 31.0. The zero-order valence-electron chi connectivity index (χ0n) is 24.5. The molecule has 5 rings (SSSR count). The summed E-state index contributed by atoms with van der Waals surface area (Å²) in [5.41, 5.74) is 4.24. The molecule has 1 atom stereocenters. The number of nitrogens with zero attached hydrogens (tertiary/aromatic N) is 4. The van der Waals surface area contributed by atoms with Gasteiger partial charge in [0, 0.05) is 34.8 Å². The maximum atomic E-state index is 14.1. The third kappa shape index (κ3) is 5.25. The Labute approximate surface area is 250 Å². The molecule has 11 nitrogen and oxygen atoms in total. The lowest BCUT2D eigenvalue weighted by molar-refractivity contribution is -0.384. The Morgan fingerprint density at radius 2 is 1.81 bits per heavy atom. The molecule has 4 aromatic rings. The fraction of sp³-hybridized carbons (Fsp3) is 0.258. The molecule has 0 bridgehead atoms. The van der Waals surface area contributed by atoms with Gasteiger partial charge in [-0.3, -0.25) is 19.5 Å². The van der Waals surface area contributed by atoms with Crippen LogP contribution in [0.2, 0.25) is 0 Å². The van der Waals surface area contributed by atoms with Gasteiger partial charge in [-0.25, -0.2) is 9.79 Å². The molecule has 0 saturated heterocycles. The van der Waals surface area contributed by atoms with Gasteiger partial charge in [0.1, 0.15) is 17.5 Å². The molecular formula is C31H30N4O7S. The largest absolute Gasteiger partial charge is 0.497 e. The molecular weight excluding hydrogens is 572 g/mol. The monoisotopic (exact) mass is 602 g/mol. The molecule has 0 N–H and O–H groups in total. The zero-order valence-corrected chi connectivity index (χ0v) is 25.4. The smallest absolute Gasteiger partial charge is 0.338 e. The molecule has 0 fully saturated rings. The first kappa shape index (κ1) is 29.5. The van der Waals surface area contributed by atoms with Crippen molar-refractivity contribution in [3.63, 3.8) is 0 Å². The Bertz CT molecular complexity index is 1970. The van der Waals surface area contributed by atoms with Crippen LogP contribution >= 0.6 is 11.3 Å². The van der Waals surface area contributed by atoms with E-state index < -0.39 is 16.9 Å². The number of carbonyl (C=O) groups is 1. The molecule has 0 spiro atoms. The third-order valence-electron chi connectivity index (χ3n) is 7.32. The highest BCUT2D eigenvalue weighted by atomic mass is 32.1. The van der Waals surface area contributed by atoms with Gasteiger partial charge in [-0.1, -0.05) is 11.3 Å². The second-order valence-electron chi connectivity index (χ2n) is 9.85. The van der Waals surface area contributed by atoms with Crippen LogP contribution in [0.1, 0.15) is 42.4 Å². The van der Waals surface area contributed by atoms with Crippen LogP contribution in [0.4, 0.5) is 5.69 Å². The van der Waals surface area contributed by atoms with Crippen molar-refractivity contribution in [2.45, 2.75) is 33.7 Å². The minimum Gasteiger partial charge on any atom is -0.497 e. The van der Waals surface area contributed by atoms with Crippen LogP contribution in [-0.4, -0.2) is 40.9 Å². The maximum absolute atomic E-state index is 14.1. The first-order chi connectivity index (χ1) is 20.6. The summed E-state index contributed by atoms with van der Waals surface area (Å²) < 4.78 is 20.4. The van der Waals surface area contributed by atoms with Gasteiger partial charge in [-0.05, 0) is 75.7 Å². The second-order valence-corrected chi connectivity index (χ2v) is 10.9. The van der Waals surface area contributed by atoms with E-state index in [1.54, 1.807) is 50.3 Å². The Kier molecular flexibility index (Phi) is 8.05. The SMILES string of the molecule is CCOC(=O)C1=C(C)N=c2s/c(=C/c3cc(C)n(-c4ccc([N+](=O)[O-])cc4)c3C)c(=O)n2[C@H]1c1cc(OC)ccc1OC. The number of nitro groups is 1.